The van der Waals surface area contributed by atoms with Crippen molar-refractivity contribution in [1.82, 2.24) is 15.5 Å². The third-order valence-electron chi connectivity index (χ3n) is 4.88. The molecule has 1 aliphatic rings. The van der Waals surface area contributed by atoms with Gasteiger partial charge in [0.15, 0.2) is 0 Å². The first-order valence-corrected chi connectivity index (χ1v) is 9.53. The number of benzene rings is 1. The Morgan fingerprint density at radius 1 is 1.07 bits per heavy atom. The fraction of sp³-hybridized carbons (Fsp3) is 0.381. The average Bonchev–Trinajstić information content (AvgIpc) is 3.26. The molecule has 2 aromatic rings. The van der Waals surface area contributed by atoms with Crippen LogP contribution in [0.4, 0.5) is 0 Å². The Morgan fingerprint density at radius 3 is 2.50 bits per heavy atom. The second-order valence-electron chi connectivity index (χ2n) is 6.90. The van der Waals surface area contributed by atoms with Crippen molar-refractivity contribution in [3.63, 3.8) is 0 Å². The van der Waals surface area contributed by atoms with Crippen molar-refractivity contribution in [2.45, 2.75) is 31.7 Å². The highest BCUT2D eigenvalue weighted by molar-refractivity contribution is 5.96. The van der Waals surface area contributed by atoms with E-state index in [0.717, 1.165) is 24.8 Å². The fourth-order valence-electron chi connectivity index (χ4n) is 3.24. The van der Waals surface area contributed by atoms with Gasteiger partial charge in [0, 0.05) is 25.6 Å². The number of aryl methyl sites for hydroxylation is 1. The zero-order chi connectivity index (χ0) is 19.8. The highest BCUT2D eigenvalue weighted by Crippen LogP contribution is 2.11. The number of nitrogens with zero attached hydrogens (tertiary/aromatic N) is 1. The first-order valence-electron chi connectivity index (χ1n) is 9.53. The summed E-state index contributed by atoms with van der Waals surface area (Å²) in [5.74, 6) is -0.408. The van der Waals surface area contributed by atoms with E-state index in [1.54, 1.807) is 11.0 Å². The van der Waals surface area contributed by atoms with E-state index in [1.165, 1.54) is 12.5 Å². The molecule has 2 heterocycles. The van der Waals surface area contributed by atoms with Gasteiger partial charge in [-0.05, 0) is 30.9 Å². The number of nitrogens with one attached hydrogen (secondary N) is 2. The summed E-state index contributed by atoms with van der Waals surface area (Å²) in [6.07, 6.45) is 5.38. The number of piperidine rings is 1. The minimum absolute atomic E-state index is 0.0426. The van der Waals surface area contributed by atoms with Crippen LogP contribution in [0.5, 0.6) is 0 Å². The molecule has 3 amide bonds. The van der Waals surface area contributed by atoms with E-state index < -0.39 is 0 Å². The molecule has 1 aliphatic heterocycles. The predicted molar refractivity (Wildman–Crippen MR) is 104 cm³/mol. The number of rotatable bonds is 7. The van der Waals surface area contributed by atoms with E-state index in [1.807, 2.05) is 30.3 Å². The maximum atomic E-state index is 12.3. The van der Waals surface area contributed by atoms with E-state index in [9.17, 15) is 14.4 Å². The number of hydrogen-bond acceptors (Lipinski definition) is 4. The summed E-state index contributed by atoms with van der Waals surface area (Å²) in [6, 6.07) is 11.6. The van der Waals surface area contributed by atoms with Crippen LogP contribution in [0.3, 0.4) is 0 Å². The summed E-state index contributed by atoms with van der Waals surface area (Å²) >= 11 is 0. The second kappa shape index (κ2) is 9.73. The van der Waals surface area contributed by atoms with Crippen LogP contribution in [0.2, 0.25) is 0 Å². The Morgan fingerprint density at radius 2 is 1.82 bits per heavy atom. The molecule has 0 spiro atoms. The quantitative estimate of drug-likeness (QED) is 0.762. The number of likely N-dealkylation sites (tertiary alicyclic amines) is 1. The van der Waals surface area contributed by atoms with Crippen LogP contribution in [0.1, 0.15) is 35.2 Å². The molecule has 0 saturated carbocycles. The van der Waals surface area contributed by atoms with Gasteiger partial charge in [-0.2, -0.15) is 0 Å². The Balaban J connectivity index is 1.34. The van der Waals surface area contributed by atoms with Crippen LogP contribution in [-0.2, 0) is 16.0 Å². The third kappa shape index (κ3) is 5.70. The fourth-order valence-corrected chi connectivity index (χ4v) is 3.24. The van der Waals surface area contributed by atoms with E-state index >= 15 is 0 Å². The average molecular weight is 383 g/mol. The minimum Gasteiger partial charge on any atom is -0.472 e. The highest BCUT2D eigenvalue weighted by atomic mass is 16.3. The van der Waals surface area contributed by atoms with E-state index in [4.69, 9.17) is 4.42 Å². The standard InChI is InChI=1S/C21H25N3O4/c25-19(7-6-16-4-2-1-3-5-16)23-18-8-11-24(12-9-18)20(26)14-22-21(27)17-10-13-28-15-17/h1-5,10,13,15,18H,6-9,11-12,14H2,(H,22,27)(H,23,25). The molecule has 1 aromatic carbocycles. The lowest BCUT2D eigenvalue weighted by Crippen LogP contribution is -2.49. The van der Waals surface area contributed by atoms with Crippen LogP contribution in [0, 0.1) is 0 Å². The van der Waals surface area contributed by atoms with Crippen LogP contribution in [0.25, 0.3) is 0 Å². The molecule has 1 fully saturated rings. The Kier molecular flexibility index (Phi) is 6.84. The number of hydrogen-bond donors (Lipinski definition) is 2. The number of carbonyl (C=O) groups excluding carboxylic acids is 3. The predicted octanol–water partition coefficient (Wildman–Crippen LogP) is 1.75. The largest absolute Gasteiger partial charge is 0.472 e. The zero-order valence-corrected chi connectivity index (χ0v) is 15.7. The molecule has 28 heavy (non-hydrogen) atoms. The Labute approximate surface area is 164 Å². The van der Waals surface area contributed by atoms with Gasteiger partial charge in [0.05, 0.1) is 18.4 Å². The summed E-state index contributed by atoms with van der Waals surface area (Å²) in [5.41, 5.74) is 1.54. The maximum absolute atomic E-state index is 12.3. The van der Waals surface area contributed by atoms with Gasteiger partial charge in [0.2, 0.25) is 11.8 Å². The molecular formula is C21H25N3O4. The molecule has 1 aromatic heterocycles. The van der Waals surface area contributed by atoms with E-state index in [-0.39, 0.29) is 30.3 Å². The van der Waals surface area contributed by atoms with Gasteiger partial charge >= 0.3 is 0 Å². The molecular weight excluding hydrogens is 358 g/mol. The normalized spacial score (nSPS) is 14.5. The zero-order valence-electron chi connectivity index (χ0n) is 15.7. The Bertz CT molecular complexity index is 781. The smallest absolute Gasteiger partial charge is 0.254 e. The van der Waals surface area contributed by atoms with Gasteiger partial charge in [-0.15, -0.1) is 0 Å². The van der Waals surface area contributed by atoms with Crippen molar-refractivity contribution in [2.75, 3.05) is 19.6 Å². The molecule has 148 valence electrons. The summed E-state index contributed by atoms with van der Waals surface area (Å²) in [6.45, 7) is 1.10. The lowest BCUT2D eigenvalue weighted by atomic mass is 10.0. The second-order valence-corrected chi connectivity index (χ2v) is 6.90. The molecule has 0 unspecified atom stereocenters. The topological polar surface area (TPSA) is 91.7 Å². The molecule has 0 aliphatic carbocycles. The van der Waals surface area contributed by atoms with Crippen LogP contribution in [0.15, 0.2) is 53.3 Å². The molecule has 0 radical (unpaired) electrons. The van der Waals surface area contributed by atoms with E-state index in [0.29, 0.717) is 25.1 Å². The third-order valence-corrected chi connectivity index (χ3v) is 4.88. The van der Waals surface area contributed by atoms with Crippen molar-refractivity contribution >= 4 is 17.7 Å². The van der Waals surface area contributed by atoms with Gasteiger partial charge < -0.3 is 20.0 Å². The van der Waals surface area contributed by atoms with Crippen molar-refractivity contribution in [3.8, 4) is 0 Å². The highest BCUT2D eigenvalue weighted by Gasteiger charge is 2.24. The van der Waals surface area contributed by atoms with Gasteiger partial charge in [0.1, 0.15) is 6.26 Å². The number of furan rings is 1. The molecule has 0 bridgehead atoms. The summed E-state index contributed by atoms with van der Waals surface area (Å²) in [7, 11) is 0. The minimum atomic E-state index is -0.331. The van der Waals surface area contributed by atoms with Crippen LogP contribution >= 0.6 is 0 Å². The molecule has 7 nitrogen and oxygen atoms in total. The Hall–Kier alpha value is -3.09. The molecule has 7 heteroatoms. The first-order chi connectivity index (χ1) is 13.6. The van der Waals surface area contributed by atoms with Crippen LogP contribution < -0.4 is 10.6 Å². The molecule has 0 atom stereocenters. The van der Waals surface area contributed by atoms with Crippen molar-refractivity contribution in [3.05, 3.63) is 60.1 Å². The lowest BCUT2D eigenvalue weighted by molar-refractivity contribution is -0.131. The van der Waals surface area contributed by atoms with Crippen molar-refractivity contribution in [1.29, 1.82) is 0 Å². The summed E-state index contributed by atoms with van der Waals surface area (Å²) < 4.78 is 4.85. The van der Waals surface area contributed by atoms with Gasteiger partial charge in [-0.1, -0.05) is 30.3 Å². The SMILES string of the molecule is O=C(CCc1ccccc1)NC1CCN(C(=O)CNC(=O)c2ccoc2)CC1. The monoisotopic (exact) mass is 383 g/mol. The van der Waals surface area contributed by atoms with Crippen molar-refractivity contribution in [2.24, 2.45) is 0 Å². The van der Waals surface area contributed by atoms with Gasteiger partial charge in [0.25, 0.3) is 5.91 Å². The first kappa shape index (κ1) is 19.7. The van der Waals surface area contributed by atoms with Gasteiger partial charge in [-0.3, -0.25) is 14.4 Å². The number of carbonyl (C=O) groups is 3. The summed E-state index contributed by atoms with van der Waals surface area (Å²) in [4.78, 5) is 38.0. The molecule has 2 N–H and O–H groups in total. The lowest BCUT2D eigenvalue weighted by Gasteiger charge is -2.32. The molecule has 3 rings (SSSR count). The van der Waals surface area contributed by atoms with Gasteiger partial charge in [-0.25, -0.2) is 0 Å². The number of amides is 3. The van der Waals surface area contributed by atoms with E-state index in [2.05, 4.69) is 10.6 Å². The van der Waals surface area contributed by atoms with Crippen molar-refractivity contribution < 1.29 is 18.8 Å². The molecule has 1 saturated heterocycles. The summed E-state index contributed by atoms with van der Waals surface area (Å²) in [5, 5.41) is 5.66. The van der Waals surface area contributed by atoms with Crippen LogP contribution in [-0.4, -0.2) is 48.3 Å². The maximum Gasteiger partial charge on any atom is 0.254 e.